The molecular formula is C20H28N2O3. The molecular weight excluding hydrogens is 316 g/mol. The Morgan fingerprint density at radius 2 is 1.96 bits per heavy atom. The fraction of sp³-hybridized carbons (Fsp3) is 0.700. The van der Waals surface area contributed by atoms with E-state index in [-0.39, 0.29) is 22.8 Å². The molecule has 4 atom stereocenters. The van der Waals surface area contributed by atoms with Gasteiger partial charge in [-0.3, -0.25) is 9.59 Å². The number of aryl methyl sites for hydroxylation is 1. The summed E-state index contributed by atoms with van der Waals surface area (Å²) < 4.78 is 5.37. The first-order valence-electron chi connectivity index (χ1n) is 9.38. The first-order chi connectivity index (χ1) is 11.8. The van der Waals surface area contributed by atoms with Crippen molar-refractivity contribution in [3.63, 3.8) is 0 Å². The van der Waals surface area contributed by atoms with E-state index in [4.69, 9.17) is 4.42 Å². The topological polar surface area (TPSA) is 62.6 Å². The predicted octanol–water partition coefficient (Wildman–Crippen LogP) is 3.02. The maximum absolute atomic E-state index is 13.4. The van der Waals surface area contributed by atoms with Crippen molar-refractivity contribution in [2.75, 3.05) is 7.05 Å². The summed E-state index contributed by atoms with van der Waals surface area (Å²) in [6.07, 6.45) is 7.77. The Bertz CT molecular complexity index is 694. The minimum absolute atomic E-state index is 0.0342. The molecule has 1 N–H and O–H groups in total. The van der Waals surface area contributed by atoms with Gasteiger partial charge in [-0.1, -0.05) is 0 Å². The van der Waals surface area contributed by atoms with Gasteiger partial charge in [-0.05, 0) is 63.4 Å². The summed E-state index contributed by atoms with van der Waals surface area (Å²) in [5.41, 5.74) is 0.619. The van der Waals surface area contributed by atoms with Crippen molar-refractivity contribution in [3.05, 3.63) is 23.7 Å². The van der Waals surface area contributed by atoms with E-state index < -0.39 is 0 Å². The van der Waals surface area contributed by atoms with Gasteiger partial charge in [0.15, 0.2) is 0 Å². The van der Waals surface area contributed by atoms with E-state index in [1.165, 1.54) is 6.42 Å². The molecule has 1 aromatic rings. The third-order valence-electron chi connectivity index (χ3n) is 6.68. The summed E-state index contributed by atoms with van der Waals surface area (Å²) in [5.74, 6) is 2.30. The molecule has 2 unspecified atom stereocenters. The number of carbonyl (C=O) groups is 2. The molecule has 136 valence electrons. The van der Waals surface area contributed by atoms with Crippen molar-refractivity contribution in [2.45, 2.75) is 64.5 Å². The van der Waals surface area contributed by atoms with Crippen molar-refractivity contribution in [2.24, 2.45) is 17.3 Å². The molecule has 4 aliphatic rings. The number of nitrogens with zero attached hydrogens (tertiary/aromatic N) is 1. The first kappa shape index (κ1) is 16.7. The molecule has 5 rings (SSSR count). The van der Waals surface area contributed by atoms with E-state index in [1.54, 1.807) is 13.2 Å². The summed E-state index contributed by atoms with van der Waals surface area (Å²) in [6, 6.07) is 1.94. The zero-order valence-electron chi connectivity index (χ0n) is 15.4. The molecule has 4 saturated carbocycles. The Kier molecular flexibility index (Phi) is 3.74. The van der Waals surface area contributed by atoms with Crippen molar-refractivity contribution in [1.29, 1.82) is 0 Å². The number of nitrogens with one attached hydrogen (secondary N) is 1. The lowest BCUT2D eigenvalue weighted by atomic mass is 9.46. The lowest BCUT2D eigenvalue weighted by Crippen LogP contribution is -2.65. The lowest BCUT2D eigenvalue weighted by Gasteiger charge is -2.61. The number of rotatable bonds is 4. The van der Waals surface area contributed by atoms with Crippen LogP contribution in [0.25, 0.3) is 0 Å². The maximum atomic E-state index is 13.4. The van der Waals surface area contributed by atoms with Gasteiger partial charge in [0.05, 0.1) is 11.7 Å². The van der Waals surface area contributed by atoms with Gasteiger partial charge in [-0.25, -0.2) is 0 Å². The van der Waals surface area contributed by atoms with E-state index in [9.17, 15) is 9.59 Å². The van der Waals surface area contributed by atoms with Gasteiger partial charge in [0, 0.05) is 31.6 Å². The van der Waals surface area contributed by atoms with Crippen LogP contribution in [-0.2, 0) is 16.1 Å². The summed E-state index contributed by atoms with van der Waals surface area (Å²) in [4.78, 5) is 27.1. The minimum atomic E-state index is -0.293. The number of hydrogen-bond acceptors (Lipinski definition) is 3. The smallest absolute Gasteiger partial charge is 0.228 e. The van der Waals surface area contributed by atoms with Crippen LogP contribution < -0.4 is 5.32 Å². The third kappa shape index (κ3) is 2.77. The molecule has 0 radical (unpaired) electrons. The Hall–Kier alpha value is -1.78. The number of hydrogen-bond donors (Lipinski definition) is 1. The molecule has 4 aliphatic carbocycles. The van der Waals surface area contributed by atoms with Gasteiger partial charge >= 0.3 is 0 Å². The summed E-state index contributed by atoms with van der Waals surface area (Å²) in [7, 11) is 1.90. The van der Waals surface area contributed by atoms with Gasteiger partial charge in [-0.2, -0.15) is 0 Å². The predicted molar refractivity (Wildman–Crippen MR) is 93.6 cm³/mol. The molecule has 1 aromatic heterocycles. The van der Waals surface area contributed by atoms with E-state index in [1.807, 2.05) is 24.9 Å². The van der Waals surface area contributed by atoms with E-state index in [0.29, 0.717) is 18.4 Å². The second-order valence-electron chi connectivity index (χ2n) is 8.87. The fourth-order valence-corrected chi connectivity index (χ4v) is 6.34. The van der Waals surface area contributed by atoms with Crippen LogP contribution >= 0.6 is 0 Å². The fourth-order valence-electron chi connectivity index (χ4n) is 6.34. The summed E-state index contributed by atoms with van der Waals surface area (Å²) in [5, 5.41) is 3.24. The van der Waals surface area contributed by atoms with Crippen LogP contribution in [0.3, 0.4) is 0 Å². The van der Waals surface area contributed by atoms with Crippen LogP contribution in [0.15, 0.2) is 16.7 Å². The average Bonchev–Trinajstić information content (AvgIpc) is 2.88. The van der Waals surface area contributed by atoms with Gasteiger partial charge < -0.3 is 14.6 Å². The van der Waals surface area contributed by atoms with Crippen LogP contribution in [-0.4, -0.2) is 29.3 Å². The summed E-state index contributed by atoms with van der Waals surface area (Å²) >= 11 is 0. The lowest BCUT2D eigenvalue weighted by molar-refractivity contribution is -0.162. The third-order valence-corrected chi connectivity index (χ3v) is 6.68. The molecule has 0 aliphatic heterocycles. The van der Waals surface area contributed by atoms with Crippen LogP contribution in [0.5, 0.6) is 0 Å². The highest BCUT2D eigenvalue weighted by Gasteiger charge is 2.61. The number of amides is 2. The highest BCUT2D eigenvalue weighted by atomic mass is 16.3. The molecule has 5 heteroatoms. The minimum Gasteiger partial charge on any atom is -0.469 e. The SMILES string of the molecule is CC(=O)NC12C[C@H]3C[C@@H](C1)CC(C(=O)N(C)Cc1ccoc1C)(C3)C2. The summed E-state index contributed by atoms with van der Waals surface area (Å²) in [6.45, 7) is 4.12. The quantitative estimate of drug-likeness (QED) is 0.913. The first-order valence-corrected chi connectivity index (χ1v) is 9.38. The van der Waals surface area contributed by atoms with E-state index in [0.717, 1.165) is 43.4 Å². The molecule has 1 heterocycles. The maximum Gasteiger partial charge on any atom is 0.228 e. The molecule has 25 heavy (non-hydrogen) atoms. The molecule has 4 fully saturated rings. The largest absolute Gasteiger partial charge is 0.469 e. The monoisotopic (exact) mass is 344 g/mol. The Morgan fingerprint density at radius 3 is 2.52 bits per heavy atom. The van der Waals surface area contributed by atoms with E-state index in [2.05, 4.69) is 5.32 Å². The normalized spacial score (nSPS) is 35.6. The Labute approximate surface area is 149 Å². The molecule has 0 saturated heterocycles. The van der Waals surface area contributed by atoms with Crippen molar-refractivity contribution < 1.29 is 14.0 Å². The highest BCUT2D eigenvalue weighted by Crippen LogP contribution is 2.62. The zero-order chi connectivity index (χ0) is 17.8. The van der Waals surface area contributed by atoms with Gasteiger partial charge in [-0.15, -0.1) is 0 Å². The van der Waals surface area contributed by atoms with Crippen LogP contribution in [0.2, 0.25) is 0 Å². The second kappa shape index (κ2) is 5.61. The van der Waals surface area contributed by atoms with E-state index >= 15 is 0 Å². The van der Waals surface area contributed by atoms with Crippen LogP contribution in [0.4, 0.5) is 0 Å². The van der Waals surface area contributed by atoms with Crippen molar-refractivity contribution in [1.82, 2.24) is 10.2 Å². The van der Waals surface area contributed by atoms with Gasteiger partial charge in [0.1, 0.15) is 5.76 Å². The molecule has 2 amide bonds. The number of furan rings is 1. The molecule has 0 spiro atoms. The van der Waals surface area contributed by atoms with Crippen LogP contribution in [0.1, 0.15) is 56.8 Å². The van der Waals surface area contributed by atoms with Gasteiger partial charge in [0.25, 0.3) is 0 Å². The molecule has 4 bridgehead atoms. The number of carbonyl (C=O) groups excluding carboxylic acids is 2. The Balaban J connectivity index is 1.57. The average molecular weight is 344 g/mol. The molecule has 5 nitrogen and oxygen atoms in total. The zero-order valence-corrected chi connectivity index (χ0v) is 15.4. The standard InChI is InChI=1S/C20H28N2O3/c1-13-17(4-5-25-13)11-22(3)18(24)19-7-15-6-16(8-19)10-20(9-15,12-19)21-14(2)23/h4-5,15-16H,6-12H2,1-3H3,(H,21,23)/t15-,16+,19?,20?. The van der Waals surface area contributed by atoms with Crippen molar-refractivity contribution >= 4 is 11.8 Å². The highest BCUT2D eigenvalue weighted by molar-refractivity contribution is 5.84. The van der Waals surface area contributed by atoms with Gasteiger partial charge in [0.2, 0.25) is 11.8 Å². The van der Waals surface area contributed by atoms with Crippen molar-refractivity contribution in [3.8, 4) is 0 Å². The molecule has 0 aromatic carbocycles. The second-order valence-corrected chi connectivity index (χ2v) is 8.87. The Morgan fingerprint density at radius 1 is 1.28 bits per heavy atom. The van der Waals surface area contributed by atoms with Crippen LogP contribution in [0, 0.1) is 24.2 Å².